The van der Waals surface area contributed by atoms with Crippen LogP contribution < -0.4 is 16.0 Å². The minimum Gasteiger partial charge on any atom is -0.467 e. The Balaban J connectivity index is 1.46. The first-order valence-electron chi connectivity index (χ1n) is 9.78. The quantitative estimate of drug-likeness (QED) is 0.684. The molecule has 28 heavy (non-hydrogen) atoms. The fourth-order valence-electron chi connectivity index (χ4n) is 3.49. The average Bonchev–Trinajstić information content (AvgIpc) is 3.23. The summed E-state index contributed by atoms with van der Waals surface area (Å²) in [6.45, 7) is 3.59. The van der Waals surface area contributed by atoms with E-state index in [-0.39, 0.29) is 24.0 Å². The number of anilines is 1. The van der Waals surface area contributed by atoms with Gasteiger partial charge in [-0.2, -0.15) is 0 Å². The lowest BCUT2D eigenvalue weighted by Crippen LogP contribution is -2.50. The monoisotopic (exact) mass is 384 g/mol. The van der Waals surface area contributed by atoms with Gasteiger partial charge in [0.1, 0.15) is 5.76 Å². The molecule has 7 heteroatoms. The van der Waals surface area contributed by atoms with Crippen molar-refractivity contribution in [2.24, 2.45) is 0 Å². The van der Waals surface area contributed by atoms with Crippen LogP contribution in [0.1, 0.15) is 38.0 Å². The van der Waals surface area contributed by atoms with E-state index in [4.69, 9.17) is 4.42 Å². The second kappa shape index (κ2) is 9.94. The summed E-state index contributed by atoms with van der Waals surface area (Å²) in [5, 5.41) is 8.72. The van der Waals surface area contributed by atoms with Crippen molar-refractivity contribution >= 4 is 17.6 Å². The molecule has 1 aliphatic heterocycles. The zero-order valence-electron chi connectivity index (χ0n) is 16.2. The van der Waals surface area contributed by atoms with Crippen molar-refractivity contribution in [1.82, 2.24) is 15.5 Å². The van der Waals surface area contributed by atoms with Crippen molar-refractivity contribution in [2.75, 3.05) is 25.0 Å². The maximum Gasteiger partial charge on any atom is 0.319 e. The summed E-state index contributed by atoms with van der Waals surface area (Å²) in [5.41, 5.74) is 0.756. The van der Waals surface area contributed by atoms with Gasteiger partial charge in [-0.25, -0.2) is 4.79 Å². The van der Waals surface area contributed by atoms with Gasteiger partial charge in [0.05, 0.1) is 18.8 Å². The van der Waals surface area contributed by atoms with Crippen LogP contribution in [0.4, 0.5) is 10.5 Å². The van der Waals surface area contributed by atoms with E-state index in [2.05, 4.69) is 20.9 Å². The fraction of sp³-hybridized carbons (Fsp3) is 0.429. The van der Waals surface area contributed by atoms with Crippen molar-refractivity contribution in [2.45, 2.75) is 38.3 Å². The topological polar surface area (TPSA) is 86.6 Å². The van der Waals surface area contributed by atoms with Crippen LogP contribution in [0.5, 0.6) is 0 Å². The van der Waals surface area contributed by atoms with E-state index in [1.807, 2.05) is 49.4 Å². The molecule has 0 spiro atoms. The van der Waals surface area contributed by atoms with Gasteiger partial charge in [-0.1, -0.05) is 24.6 Å². The van der Waals surface area contributed by atoms with Crippen molar-refractivity contribution in [3.63, 3.8) is 0 Å². The summed E-state index contributed by atoms with van der Waals surface area (Å²) >= 11 is 0. The summed E-state index contributed by atoms with van der Waals surface area (Å²) in [7, 11) is 0. The lowest BCUT2D eigenvalue weighted by molar-refractivity contribution is -0.123. The van der Waals surface area contributed by atoms with Crippen LogP contribution in [0.15, 0.2) is 53.1 Å². The van der Waals surface area contributed by atoms with Crippen LogP contribution in [0.3, 0.4) is 0 Å². The van der Waals surface area contributed by atoms with Gasteiger partial charge in [-0.05, 0) is 50.6 Å². The lowest BCUT2D eigenvalue weighted by atomic mass is 10.0. The minimum absolute atomic E-state index is 0.0375. The molecule has 2 unspecified atom stereocenters. The Kier molecular flexibility index (Phi) is 7.08. The fourth-order valence-corrected chi connectivity index (χ4v) is 3.49. The van der Waals surface area contributed by atoms with E-state index in [1.54, 1.807) is 6.26 Å². The smallest absolute Gasteiger partial charge is 0.319 e. The number of piperidine rings is 1. The molecule has 0 aliphatic carbocycles. The van der Waals surface area contributed by atoms with E-state index in [9.17, 15) is 9.59 Å². The van der Waals surface area contributed by atoms with Crippen molar-refractivity contribution in [1.29, 1.82) is 0 Å². The molecule has 2 atom stereocenters. The highest BCUT2D eigenvalue weighted by molar-refractivity contribution is 5.89. The third-order valence-electron chi connectivity index (χ3n) is 4.97. The number of nitrogens with one attached hydrogen (secondary N) is 3. The number of furan rings is 1. The molecule has 1 fully saturated rings. The number of carbonyl (C=O) groups is 2. The molecule has 3 N–H and O–H groups in total. The third kappa shape index (κ3) is 5.85. The predicted molar refractivity (Wildman–Crippen MR) is 108 cm³/mol. The molecule has 3 amide bonds. The highest BCUT2D eigenvalue weighted by Crippen LogP contribution is 2.17. The van der Waals surface area contributed by atoms with E-state index in [0.717, 1.165) is 37.3 Å². The Morgan fingerprint density at radius 2 is 2.00 bits per heavy atom. The molecule has 150 valence electrons. The van der Waals surface area contributed by atoms with Gasteiger partial charge in [0.15, 0.2) is 0 Å². The lowest BCUT2D eigenvalue weighted by Gasteiger charge is -2.35. The standard InChI is InChI=1S/C21H28N4O3/c1-16(19-11-7-13-28-19)23-20(26)15-25-12-6-5-10-18(25)14-22-21(27)24-17-8-3-2-4-9-17/h2-4,7-9,11,13,16,18H,5-6,10,12,14-15H2,1H3,(H,23,26)(H2,22,24,27). The summed E-state index contributed by atoms with van der Waals surface area (Å²) < 4.78 is 5.34. The van der Waals surface area contributed by atoms with E-state index < -0.39 is 0 Å². The van der Waals surface area contributed by atoms with Crippen LogP contribution in [-0.2, 0) is 4.79 Å². The van der Waals surface area contributed by atoms with E-state index in [0.29, 0.717) is 13.1 Å². The largest absolute Gasteiger partial charge is 0.467 e. The number of para-hydroxylation sites is 1. The van der Waals surface area contributed by atoms with E-state index in [1.165, 1.54) is 0 Å². The van der Waals surface area contributed by atoms with Gasteiger partial charge in [0, 0.05) is 18.3 Å². The zero-order valence-corrected chi connectivity index (χ0v) is 16.2. The third-order valence-corrected chi connectivity index (χ3v) is 4.97. The number of likely N-dealkylation sites (tertiary alicyclic amines) is 1. The highest BCUT2D eigenvalue weighted by atomic mass is 16.3. The zero-order chi connectivity index (χ0) is 19.8. The molecule has 0 radical (unpaired) electrons. The van der Waals surface area contributed by atoms with Gasteiger partial charge in [0.25, 0.3) is 0 Å². The molecule has 1 aromatic carbocycles. The molecule has 0 bridgehead atoms. The van der Waals surface area contributed by atoms with Crippen molar-refractivity contribution in [3.8, 4) is 0 Å². The van der Waals surface area contributed by atoms with Crippen LogP contribution in [0.25, 0.3) is 0 Å². The Bertz CT molecular complexity index is 748. The van der Waals surface area contributed by atoms with E-state index >= 15 is 0 Å². The van der Waals surface area contributed by atoms with Crippen molar-refractivity contribution in [3.05, 3.63) is 54.5 Å². The normalized spacial score (nSPS) is 18.2. The van der Waals surface area contributed by atoms with Crippen LogP contribution in [-0.4, -0.2) is 42.5 Å². The van der Waals surface area contributed by atoms with Gasteiger partial charge in [0.2, 0.25) is 5.91 Å². The average molecular weight is 384 g/mol. The van der Waals surface area contributed by atoms with Crippen LogP contribution in [0, 0.1) is 0 Å². The number of urea groups is 1. The van der Waals surface area contributed by atoms with Gasteiger partial charge in [-0.15, -0.1) is 0 Å². The maximum atomic E-state index is 12.4. The molecule has 2 heterocycles. The Hall–Kier alpha value is -2.80. The maximum absolute atomic E-state index is 12.4. The second-order valence-corrected chi connectivity index (χ2v) is 7.13. The number of nitrogens with zero attached hydrogens (tertiary/aromatic N) is 1. The summed E-state index contributed by atoms with van der Waals surface area (Å²) in [6.07, 6.45) is 4.73. The molecule has 1 aromatic heterocycles. The number of carbonyl (C=O) groups excluding carboxylic acids is 2. The first-order valence-corrected chi connectivity index (χ1v) is 9.78. The molecule has 3 rings (SSSR count). The molecule has 2 aromatic rings. The summed E-state index contributed by atoms with van der Waals surface area (Å²) in [4.78, 5) is 26.7. The molecule has 0 saturated carbocycles. The molecule has 1 saturated heterocycles. The van der Waals surface area contributed by atoms with Crippen LogP contribution in [0.2, 0.25) is 0 Å². The Morgan fingerprint density at radius 1 is 1.18 bits per heavy atom. The molecule has 1 aliphatic rings. The Labute approximate surface area is 165 Å². The summed E-state index contributed by atoms with van der Waals surface area (Å²) in [5.74, 6) is 0.701. The minimum atomic E-state index is -0.229. The number of hydrogen-bond acceptors (Lipinski definition) is 4. The van der Waals surface area contributed by atoms with Crippen LogP contribution >= 0.6 is 0 Å². The second-order valence-electron chi connectivity index (χ2n) is 7.13. The predicted octanol–water partition coefficient (Wildman–Crippen LogP) is 3.13. The molecule has 7 nitrogen and oxygen atoms in total. The van der Waals surface area contributed by atoms with Gasteiger partial charge >= 0.3 is 6.03 Å². The SMILES string of the molecule is CC(NC(=O)CN1CCCCC1CNC(=O)Nc1ccccc1)c1ccco1. The first kappa shape index (κ1) is 19.9. The number of amides is 3. The first-order chi connectivity index (χ1) is 13.6. The Morgan fingerprint density at radius 3 is 2.75 bits per heavy atom. The highest BCUT2D eigenvalue weighted by Gasteiger charge is 2.25. The van der Waals surface area contributed by atoms with Gasteiger partial charge < -0.3 is 20.4 Å². The number of benzene rings is 1. The molecular weight excluding hydrogens is 356 g/mol. The number of rotatable bonds is 7. The molecular formula is C21H28N4O3. The van der Waals surface area contributed by atoms with Crippen molar-refractivity contribution < 1.29 is 14.0 Å². The van der Waals surface area contributed by atoms with Gasteiger partial charge in [-0.3, -0.25) is 9.69 Å². The number of hydrogen-bond donors (Lipinski definition) is 3. The summed E-state index contributed by atoms with van der Waals surface area (Å²) in [6, 6.07) is 12.8.